The zero-order chi connectivity index (χ0) is 21.4. The molecule has 0 fully saturated rings. The van der Waals surface area contributed by atoms with Gasteiger partial charge in [-0.25, -0.2) is 4.79 Å². The molecule has 0 saturated carbocycles. The molecule has 0 radical (unpaired) electrons. The Kier molecular flexibility index (Phi) is 8.11. The Hall–Kier alpha value is -3.43. The molecular formula is C18H21NO9. The van der Waals surface area contributed by atoms with E-state index >= 15 is 0 Å². The van der Waals surface area contributed by atoms with E-state index in [1.807, 2.05) is 0 Å². The molecule has 1 rings (SSSR count). The van der Waals surface area contributed by atoms with Gasteiger partial charge in [0.05, 0.1) is 14.2 Å². The molecule has 0 aliphatic heterocycles. The highest BCUT2D eigenvalue weighted by atomic mass is 16.5. The number of carboxylic acids is 1. The molecular weight excluding hydrogens is 374 g/mol. The summed E-state index contributed by atoms with van der Waals surface area (Å²) in [5.74, 6) is -7.47. The number of esters is 3. The van der Waals surface area contributed by atoms with Crippen molar-refractivity contribution in [3.8, 4) is 5.75 Å². The molecule has 0 saturated heterocycles. The Morgan fingerprint density at radius 1 is 1.04 bits per heavy atom. The van der Waals surface area contributed by atoms with Crippen molar-refractivity contribution in [1.29, 1.82) is 0 Å². The van der Waals surface area contributed by atoms with Crippen LogP contribution in [0.2, 0.25) is 0 Å². The van der Waals surface area contributed by atoms with Gasteiger partial charge in [-0.15, -0.1) is 0 Å². The fourth-order valence-corrected chi connectivity index (χ4v) is 2.48. The van der Waals surface area contributed by atoms with Gasteiger partial charge in [-0.1, -0.05) is 13.0 Å². The first-order chi connectivity index (χ1) is 13.1. The molecule has 1 amide bonds. The van der Waals surface area contributed by atoms with Crippen molar-refractivity contribution in [2.24, 2.45) is 11.8 Å². The second-order valence-electron chi connectivity index (χ2n) is 5.79. The normalized spacial score (nSPS) is 12.5. The third-order valence-corrected chi connectivity index (χ3v) is 3.87. The van der Waals surface area contributed by atoms with E-state index in [-0.39, 0.29) is 11.3 Å². The smallest absolute Gasteiger partial charge is 0.326 e. The maximum Gasteiger partial charge on any atom is 0.326 e. The maximum atomic E-state index is 12.5. The molecule has 0 aromatic heterocycles. The highest BCUT2D eigenvalue weighted by molar-refractivity contribution is 5.99. The van der Waals surface area contributed by atoms with Crippen molar-refractivity contribution < 1.29 is 43.3 Å². The van der Waals surface area contributed by atoms with Gasteiger partial charge in [0.15, 0.2) is 5.92 Å². The fourth-order valence-electron chi connectivity index (χ4n) is 2.48. The van der Waals surface area contributed by atoms with Gasteiger partial charge in [0.25, 0.3) is 5.91 Å². The van der Waals surface area contributed by atoms with E-state index in [0.717, 1.165) is 14.2 Å². The first kappa shape index (κ1) is 22.6. The van der Waals surface area contributed by atoms with Crippen LogP contribution in [0.4, 0.5) is 0 Å². The van der Waals surface area contributed by atoms with Crippen LogP contribution >= 0.6 is 0 Å². The Morgan fingerprint density at radius 2 is 1.61 bits per heavy atom. The van der Waals surface area contributed by atoms with Crippen LogP contribution in [0.5, 0.6) is 5.75 Å². The largest absolute Gasteiger partial charge is 0.480 e. The predicted octanol–water partition coefficient (Wildman–Crippen LogP) is 0.393. The van der Waals surface area contributed by atoms with Crippen LogP contribution in [0.25, 0.3) is 0 Å². The van der Waals surface area contributed by atoms with Gasteiger partial charge in [-0.3, -0.25) is 19.2 Å². The molecule has 0 unspecified atom stereocenters. The lowest BCUT2D eigenvalue weighted by Gasteiger charge is -2.26. The fraction of sp³-hybridized carbons (Fsp3) is 0.389. The van der Waals surface area contributed by atoms with Crippen LogP contribution in [0.3, 0.4) is 0 Å². The Balaban J connectivity index is 3.10. The summed E-state index contributed by atoms with van der Waals surface area (Å²) < 4.78 is 13.9. The monoisotopic (exact) mass is 395 g/mol. The summed E-state index contributed by atoms with van der Waals surface area (Å²) in [7, 11) is 2.08. The van der Waals surface area contributed by atoms with E-state index in [2.05, 4.69) is 14.8 Å². The van der Waals surface area contributed by atoms with Crippen LogP contribution in [-0.2, 0) is 28.7 Å². The third-order valence-electron chi connectivity index (χ3n) is 3.87. The minimum atomic E-state index is -1.60. The molecule has 0 spiro atoms. The van der Waals surface area contributed by atoms with Gasteiger partial charge in [-0.05, 0) is 18.2 Å². The summed E-state index contributed by atoms with van der Waals surface area (Å²) in [5, 5.41) is 11.7. The molecule has 2 atom stereocenters. The number of benzene rings is 1. The number of aliphatic carboxylic acids is 1. The molecule has 2 N–H and O–H groups in total. The van der Waals surface area contributed by atoms with Gasteiger partial charge in [0.2, 0.25) is 0 Å². The molecule has 0 bridgehead atoms. The average molecular weight is 395 g/mol. The van der Waals surface area contributed by atoms with E-state index in [1.54, 1.807) is 0 Å². The van der Waals surface area contributed by atoms with Gasteiger partial charge in [0, 0.05) is 18.4 Å². The molecule has 28 heavy (non-hydrogen) atoms. The summed E-state index contributed by atoms with van der Waals surface area (Å²) in [6.07, 6.45) is 0. The van der Waals surface area contributed by atoms with E-state index in [4.69, 9.17) is 4.74 Å². The highest BCUT2D eigenvalue weighted by Gasteiger charge is 2.42. The number of carbonyl (C=O) groups excluding carboxylic acids is 4. The van der Waals surface area contributed by atoms with Crippen LogP contribution < -0.4 is 10.1 Å². The van der Waals surface area contributed by atoms with E-state index < -0.39 is 47.7 Å². The number of amides is 1. The number of carbonyl (C=O) groups is 5. The minimum Gasteiger partial charge on any atom is -0.480 e. The van der Waals surface area contributed by atoms with Gasteiger partial charge < -0.3 is 24.6 Å². The van der Waals surface area contributed by atoms with Crippen LogP contribution in [0, 0.1) is 11.8 Å². The van der Waals surface area contributed by atoms with Crippen molar-refractivity contribution in [3.05, 3.63) is 29.8 Å². The third kappa shape index (κ3) is 5.79. The maximum absolute atomic E-state index is 12.5. The average Bonchev–Trinajstić information content (AvgIpc) is 2.64. The number of ether oxygens (including phenoxy) is 3. The van der Waals surface area contributed by atoms with Crippen molar-refractivity contribution in [3.63, 3.8) is 0 Å². The summed E-state index contributed by atoms with van der Waals surface area (Å²) >= 11 is 0. The SMILES string of the molecule is COC(=O)C(C(=O)OC)[C@@H](C)[C@@H](NC(=O)c1cccc(OC(C)=O)c1)C(=O)O. The highest BCUT2D eigenvalue weighted by Crippen LogP contribution is 2.21. The molecule has 152 valence electrons. The lowest BCUT2D eigenvalue weighted by atomic mass is 9.87. The van der Waals surface area contributed by atoms with Gasteiger partial charge in [0.1, 0.15) is 11.8 Å². The standard InChI is InChI=1S/C18H21NO9/c1-9(13(17(24)26-3)18(25)27-4)14(16(22)23)19-15(21)11-6-5-7-12(8-11)28-10(2)20/h5-9,13-14H,1-4H3,(H,19,21)(H,22,23)/t9-,14-/m1/s1. The lowest BCUT2D eigenvalue weighted by molar-refractivity contribution is -0.162. The van der Waals surface area contributed by atoms with E-state index in [0.29, 0.717) is 0 Å². The molecule has 0 heterocycles. The molecule has 0 aliphatic rings. The summed E-state index contributed by atoms with van der Waals surface area (Å²) in [6.45, 7) is 2.49. The Bertz CT molecular complexity index is 758. The number of carboxylic acid groups (broad SMARTS) is 1. The number of rotatable bonds is 8. The number of methoxy groups -OCH3 is 2. The van der Waals surface area contributed by atoms with Crippen LogP contribution in [0.1, 0.15) is 24.2 Å². The predicted molar refractivity (Wildman–Crippen MR) is 93.3 cm³/mol. The number of nitrogens with one attached hydrogen (secondary N) is 1. The van der Waals surface area contributed by atoms with Crippen molar-refractivity contribution >= 4 is 29.8 Å². The zero-order valence-electron chi connectivity index (χ0n) is 15.8. The van der Waals surface area contributed by atoms with E-state index in [9.17, 15) is 29.1 Å². The topological polar surface area (TPSA) is 145 Å². The second kappa shape index (κ2) is 10.0. The lowest BCUT2D eigenvalue weighted by Crippen LogP contribution is -2.50. The Morgan fingerprint density at radius 3 is 2.07 bits per heavy atom. The summed E-state index contributed by atoms with van der Waals surface area (Å²) in [6, 6.07) is 3.91. The quantitative estimate of drug-likeness (QED) is 0.363. The first-order valence-corrected chi connectivity index (χ1v) is 8.10. The van der Waals surface area contributed by atoms with Crippen molar-refractivity contribution in [1.82, 2.24) is 5.32 Å². The molecule has 0 aliphatic carbocycles. The van der Waals surface area contributed by atoms with Crippen LogP contribution in [0.15, 0.2) is 24.3 Å². The molecule has 10 nitrogen and oxygen atoms in total. The number of hydrogen-bond acceptors (Lipinski definition) is 8. The van der Waals surface area contributed by atoms with Gasteiger partial charge >= 0.3 is 23.9 Å². The molecule has 10 heteroatoms. The van der Waals surface area contributed by atoms with Crippen molar-refractivity contribution in [2.75, 3.05) is 14.2 Å². The van der Waals surface area contributed by atoms with Crippen molar-refractivity contribution in [2.45, 2.75) is 19.9 Å². The number of hydrogen-bond donors (Lipinski definition) is 2. The minimum absolute atomic E-state index is 0.0184. The first-order valence-electron chi connectivity index (χ1n) is 8.10. The van der Waals surface area contributed by atoms with Gasteiger partial charge in [-0.2, -0.15) is 0 Å². The summed E-state index contributed by atoms with van der Waals surface area (Å²) in [4.78, 5) is 59.0. The van der Waals surface area contributed by atoms with Crippen LogP contribution in [-0.4, -0.2) is 55.2 Å². The molecule has 1 aromatic rings. The summed E-state index contributed by atoms with van der Waals surface area (Å²) in [5.41, 5.74) is 0.0184. The Labute approximate surface area is 160 Å². The zero-order valence-corrected chi connectivity index (χ0v) is 15.8. The second-order valence-corrected chi connectivity index (χ2v) is 5.79. The van der Waals surface area contributed by atoms with E-state index in [1.165, 1.54) is 38.1 Å². The molecule has 1 aromatic carbocycles.